The number of likely N-dealkylation sites (N-methyl/N-ethyl adjacent to an activating group) is 1. The fraction of sp³-hybridized carbons (Fsp3) is 0.188. The molecule has 110 valence electrons. The molecule has 21 heavy (non-hydrogen) atoms. The fourth-order valence-electron chi connectivity index (χ4n) is 1.95. The Kier molecular flexibility index (Phi) is 5.00. The zero-order chi connectivity index (χ0) is 15.2. The van der Waals surface area contributed by atoms with E-state index in [0.29, 0.717) is 6.54 Å². The highest BCUT2D eigenvalue weighted by molar-refractivity contribution is 5.92. The number of carbonyl (C=O) groups is 1. The molecule has 0 aromatic heterocycles. The number of carbonyl (C=O) groups excluding carboxylic acids is 1. The molecule has 1 N–H and O–H groups in total. The Hall–Kier alpha value is -2.27. The van der Waals surface area contributed by atoms with Gasteiger partial charge in [-0.1, -0.05) is 24.3 Å². The van der Waals surface area contributed by atoms with Crippen LogP contribution in [-0.2, 0) is 11.3 Å². The van der Waals surface area contributed by atoms with Crippen molar-refractivity contribution in [1.82, 2.24) is 4.90 Å². The molecule has 0 bridgehead atoms. The van der Waals surface area contributed by atoms with E-state index in [9.17, 15) is 13.6 Å². The van der Waals surface area contributed by atoms with E-state index in [1.54, 1.807) is 36.2 Å². The second kappa shape index (κ2) is 6.95. The third-order valence-electron chi connectivity index (χ3n) is 2.93. The topological polar surface area (TPSA) is 32.3 Å². The van der Waals surface area contributed by atoms with Crippen molar-refractivity contribution in [2.24, 2.45) is 0 Å². The molecule has 0 radical (unpaired) electrons. The van der Waals surface area contributed by atoms with Gasteiger partial charge in [0.1, 0.15) is 11.6 Å². The molecule has 2 aromatic rings. The lowest BCUT2D eigenvalue weighted by Gasteiger charge is -2.16. The summed E-state index contributed by atoms with van der Waals surface area (Å²) < 4.78 is 26.2. The predicted octanol–water partition coefficient (Wildman–Crippen LogP) is 3.04. The van der Waals surface area contributed by atoms with Gasteiger partial charge in [0, 0.05) is 6.54 Å². The SMILES string of the molecule is CN(CC(=O)Nc1ccccc1F)Cc1ccc(F)cc1. The Morgan fingerprint density at radius 3 is 2.43 bits per heavy atom. The second-order valence-corrected chi connectivity index (χ2v) is 4.83. The zero-order valence-electron chi connectivity index (χ0n) is 11.6. The summed E-state index contributed by atoms with van der Waals surface area (Å²) in [6.45, 7) is 0.622. The van der Waals surface area contributed by atoms with E-state index in [4.69, 9.17) is 0 Å². The Morgan fingerprint density at radius 2 is 1.76 bits per heavy atom. The first kappa shape index (κ1) is 15.1. The minimum atomic E-state index is -0.466. The van der Waals surface area contributed by atoms with Crippen molar-refractivity contribution in [3.05, 3.63) is 65.7 Å². The molecule has 2 aromatic carbocycles. The summed E-state index contributed by atoms with van der Waals surface area (Å²) in [5.41, 5.74) is 1.07. The first-order chi connectivity index (χ1) is 10.0. The third-order valence-corrected chi connectivity index (χ3v) is 2.93. The maximum atomic E-state index is 13.4. The number of anilines is 1. The third kappa shape index (κ3) is 4.65. The van der Waals surface area contributed by atoms with Gasteiger partial charge in [0.25, 0.3) is 0 Å². The van der Waals surface area contributed by atoms with E-state index in [0.717, 1.165) is 5.56 Å². The molecule has 0 spiro atoms. The van der Waals surface area contributed by atoms with Crippen molar-refractivity contribution in [3.8, 4) is 0 Å². The molecule has 0 atom stereocenters. The van der Waals surface area contributed by atoms with Gasteiger partial charge in [-0.3, -0.25) is 9.69 Å². The normalized spacial score (nSPS) is 10.7. The van der Waals surface area contributed by atoms with Gasteiger partial charge in [-0.15, -0.1) is 0 Å². The number of halogens is 2. The van der Waals surface area contributed by atoms with Crippen LogP contribution in [0.5, 0.6) is 0 Å². The molecule has 0 saturated heterocycles. The largest absolute Gasteiger partial charge is 0.322 e. The van der Waals surface area contributed by atoms with E-state index in [2.05, 4.69) is 5.32 Å². The molecule has 1 amide bonds. The summed E-state index contributed by atoms with van der Waals surface area (Å²) in [7, 11) is 1.77. The monoisotopic (exact) mass is 290 g/mol. The van der Waals surface area contributed by atoms with Crippen LogP contribution in [0.1, 0.15) is 5.56 Å². The van der Waals surface area contributed by atoms with Crippen LogP contribution in [0.3, 0.4) is 0 Å². The van der Waals surface area contributed by atoms with Crippen molar-refractivity contribution in [1.29, 1.82) is 0 Å². The number of nitrogens with one attached hydrogen (secondary N) is 1. The van der Waals surface area contributed by atoms with Crippen molar-refractivity contribution in [2.75, 3.05) is 18.9 Å². The van der Waals surface area contributed by atoms with Gasteiger partial charge in [0.05, 0.1) is 12.2 Å². The lowest BCUT2D eigenvalue weighted by atomic mass is 10.2. The molecule has 0 heterocycles. The zero-order valence-corrected chi connectivity index (χ0v) is 11.6. The molecule has 0 aliphatic rings. The van der Waals surface area contributed by atoms with Gasteiger partial charge >= 0.3 is 0 Å². The molecule has 0 aliphatic heterocycles. The maximum absolute atomic E-state index is 13.4. The van der Waals surface area contributed by atoms with Gasteiger partial charge in [0.15, 0.2) is 0 Å². The fourth-order valence-corrected chi connectivity index (χ4v) is 1.95. The Bertz CT molecular complexity index is 614. The molecule has 3 nitrogen and oxygen atoms in total. The van der Waals surface area contributed by atoms with Crippen molar-refractivity contribution in [3.63, 3.8) is 0 Å². The van der Waals surface area contributed by atoms with E-state index in [1.807, 2.05) is 0 Å². The smallest absolute Gasteiger partial charge is 0.238 e. The second-order valence-electron chi connectivity index (χ2n) is 4.83. The summed E-state index contributed by atoms with van der Waals surface area (Å²) in [6.07, 6.45) is 0. The number of hydrogen-bond donors (Lipinski definition) is 1. The molecule has 0 unspecified atom stereocenters. The number of benzene rings is 2. The minimum Gasteiger partial charge on any atom is -0.322 e. The highest BCUT2D eigenvalue weighted by Gasteiger charge is 2.09. The van der Waals surface area contributed by atoms with E-state index < -0.39 is 5.82 Å². The Balaban J connectivity index is 1.87. The van der Waals surface area contributed by atoms with Gasteiger partial charge in [-0.25, -0.2) is 8.78 Å². The van der Waals surface area contributed by atoms with Gasteiger partial charge < -0.3 is 5.32 Å². The van der Waals surface area contributed by atoms with Crippen LogP contribution in [0, 0.1) is 11.6 Å². The number of hydrogen-bond acceptors (Lipinski definition) is 2. The highest BCUT2D eigenvalue weighted by Crippen LogP contribution is 2.12. The number of amides is 1. The quantitative estimate of drug-likeness (QED) is 0.918. The van der Waals surface area contributed by atoms with E-state index in [1.165, 1.54) is 24.3 Å². The Morgan fingerprint density at radius 1 is 1.10 bits per heavy atom. The van der Waals surface area contributed by atoms with Crippen LogP contribution in [0.15, 0.2) is 48.5 Å². The average Bonchev–Trinajstić information content (AvgIpc) is 2.44. The van der Waals surface area contributed by atoms with Crippen LogP contribution < -0.4 is 5.32 Å². The summed E-state index contributed by atoms with van der Waals surface area (Å²) in [4.78, 5) is 13.6. The van der Waals surface area contributed by atoms with Gasteiger partial charge in [0.2, 0.25) is 5.91 Å². The molecular formula is C16H16F2N2O. The molecule has 0 saturated carbocycles. The van der Waals surface area contributed by atoms with Crippen LogP contribution >= 0.6 is 0 Å². The number of rotatable bonds is 5. The standard InChI is InChI=1S/C16H16F2N2O/c1-20(10-12-6-8-13(17)9-7-12)11-16(21)19-15-5-3-2-4-14(15)18/h2-9H,10-11H2,1H3,(H,19,21). The molecule has 0 fully saturated rings. The number of para-hydroxylation sites is 1. The predicted molar refractivity (Wildman–Crippen MR) is 77.8 cm³/mol. The minimum absolute atomic E-state index is 0.117. The lowest BCUT2D eigenvalue weighted by Crippen LogP contribution is -2.30. The van der Waals surface area contributed by atoms with E-state index >= 15 is 0 Å². The van der Waals surface area contributed by atoms with Gasteiger partial charge in [-0.05, 0) is 36.9 Å². The molecule has 2 rings (SSSR count). The van der Waals surface area contributed by atoms with E-state index in [-0.39, 0.29) is 24.0 Å². The highest BCUT2D eigenvalue weighted by atomic mass is 19.1. The first-order valence-electron chi connectivity index (χ1n) is 6.52. The average molecular weight is 290 g/mol. The first-order valence-corrected chi connectivity index (χ1v) is 6.52. The number of nitrogens with zero attached hydrogens (tertiary/aromatic N) is 1. The van der Waals surface area contributed by atoms with Crippen molar-refractivity contribution < 1.29 is 13.6 Å². The molecule has 5 heteroatoms. The maximum Gasteiger partial charge on any atom is 0.238 e. The lowest BCUT2D eigenvalue weighted by molar-refractivity contribution is -0.117. The molecule has 0 aliphatic carbocycles. The van der Waals surface area contributed by atoms with Crippen LogP contribution in [0.25, 0.3) is 0 Å². The Labute approximate surface area is 122 Å². The van der Waals surface area contributed by atoms with Gasteiger partial charge in [-0.2, -0.15) is 0 Å². The summed E-state index contributed by atoms with van der Waals surface area (Å²) >= 11 is 0. The summed E-state index contributed by atoms with van der Waals surface area (Å²) in [5, 5.41) is 2.52. The summed E-state index contributed by atoms with van der Waals surface area (Å²) in [5.74, 6) is -1.06. The van der Waals surface area contributed by atoms with Crippen molar-refractivity contribution in [2.45, 2.75) is 6.54 Å². The van der Waals surface area contributed by atoms with Crippen LogP contribution in [0.4, 0.5) is 14.5 Å². The molecular weight excluding hydrogens is 274 g/mol. The summed E-state index contributed by atoms with van der Waals surface area (Å²) in [6, 6.07) is 12.1. The van der Waals surface area contributed by atoms with Crippen LogP contribution in [0.2, 0.25) is 0 Å². The van der Waals surface area contributed by atoms with Crippen molar-refractivity contribution >= 4 is 11.6 Å². The van der Waals surface area contributed by atoms with Crippen LogP contribution in [-0.4, -0.2) is 24.4 Å².